The summed E-state index contributed by atoms with van der Waals surface area (Å²) >= 11 is 0. The fourth-order valence-electron chi connectivity index (χ4n) is 1.20. The first-order valence-electron chi connectivity index (χ1n) is 5.41. The van der Waals surface area contributed by atoms with E-state index < -0.39 is 21.5 Å². The molecule has 3 nitrogen and oxygen atoms in total. The molecule has 0 N–H and O–H groups in total. The smallest absolute Gasteiger partial charge is 0.222 e. The lowest BCUT2D eigenvalue weighted by molar-refractivity contribution is 0.631. The Morgan fingerprint density at radius 2 is 2.06 bits per heavy atom. The zero-order valence-corrected chi connectivity index (χ0v) is 11.6. The minimum atomic E-state index is -1.44. The van der Waals surface area contributed by atoms with Crippen LogP contribution in [0.5, 0.6) is 0 Å². The molecule has 0 aliphatic carbocycles. The molecule has 0 aliphatic heterocycles. The lowest BCUT2D eigenvalue weighted by Crippen LogP contribution is -2.20. The van der Waals surface area contributed by atoms with E-state index in [1.807, 2.05) is 0 Å². The van der Waals surface area contributed by atoms with Gasteiger partial charge in [0.15, 0.2) is 0 Å². The fourth-order valence-corrected chi connectivity index (χ4v) is 1.82. The number of benzene rings is 1. The van der Waals surface area contributed by atoms with Gasteiger partial charge in [-0.1, -0.05) is 18.2 Å². The van der Waals surface area contributed by atoms with Crippen LogP contribution < -0.4 is 0 Å². The van der Waals surface area contributed by atoms with E-state index in [4.69, 9.17) is 6.57 Å². The molecule has 1 atom stereocenters. The van der Waals surface area contributed by atoms with Crippen LogP contribution in [0.25, 0.3) is 4.85 Å². The van der Waals surface area contributed by atoms with Gasteiger partial charge in [0.1, 0.15) is 16.8 Å². The van der Waals surface area contributed by atoms with Gasteiger partial charge in [-0.2, -0.15) is 4.40 Å². The Hall–Kier alpha value is -1.54. The Morgan fingerprint density at radius 1 is 1.44 bits per heavy atom. The van der Waals surface area contributed by atoms with Crippen molar-refractivity contribution in [1.82, 2.24) is 0 Å². The van der Waals surface area contributed by atoms with E-state index in [9.17, 15) is 8.60 Å². The first kappa shape index (κ1) is 14.5. The molecule has 0 heterocycles. The zero-order valence-electron chi connectivity index (χ0n) is 10.8. The quantitative estimate of drug-likeness (QED) is 0.594. The summed E-state index contributed by atoms with van der Waals surface area (Å²) in [5, 5.41) is 0. The lowest BCUT2D eigenvalue weighted by atomic mass is 10.1. The van der Waals surface area contributed by atoms with Gasteiger partial charge in [0.2, 0.25) is 5.69 Å². The summed E-state index contributed by atoms with van der Waals surface area (Å²) in [7, 11) is -1.44. The fraction of sp³-hybridized carbons (Fsp3) is 0.385. The molecule has 0 aliphatic rings. The van der Waals surface area contributed by atoms with Gasteiger partial charge in [-0.25, -0.2) is 13.4 Å². The van der Waals surface area contributed by atoms with Crippen molar-refractivity contribution in [3.05, 3.63) is 41.0 Å². The molecule has 0 saturated heterocycles. The van der Waals surface area contributed by atoms with Crippen LogP contribution >= 0.6 is 0 Å². The molecule has 0 spiro atoms. The first-order valence-corrected chi connectivity index (χ1v) is 6.51. The van der Waals surface area contributed by atoms with Crippen molar-refractivity contribution in [1.29, 1.82) is 0 Å². The summed E-state index contributed by atoms with van der Waals surface area (Å²) in [6, 6.07) is 4.52. The average molecular weight is 266 g/mol. The molecule has 96 valence electrons. The maximum absolute atomic E-state index is 13.9. The Morgan fingerprint density at radius 3 is 2.56 bits per heavy atom. The molecule has 0 fully saturated rings. The number of rotatable bonds is 2. The molecule has 1 rings (SSSR count). The van der Waals surface area contributed by atoms with Crippen molar-refractivity contribution < 1.29 is 8.60 Å². The van der Waals surface area contributed by atoms with E-state index >= 15 is 0 Å². The highest BCUT2D eigenvalue weighted by Gasteiger charge is 2.20. The molecule has 18 heavy (non-hydrogen) atoms. The van der Waals surface area contributed by atoms with E-state index in [1.54, 1.807) is 33.8 Å². The third-order valence-electron chi connectivity index (χ3n) is 2.23. The monoisotopic (exact) mass is 266 g/mol. The molecule has 1 aromatic carbocycles. The van der Waals surface area contributed by atoms with Gasteiger partial charge in [-0.3, -0.25) is 0 Å². The normalized spacial score (nSPS) is 14.1. The van der Waals surface area contributed by atoms with Crippen LogP contribution in [-0.2, 0) is 11.0 Å². The van der Waals surface area contributed by atoms with Crippen LogP contribution in [0.4, 0.5) is 10.1 Å². The molecule has 0 amide bonds. The summed E-state index contributed by atoms with van der Waals surface area (Å²) in [4.78, 5) is 3.09. The molecule has 5 heteroatoms. The summed E-state index contributed by atoms with van der Waals surface area (Å²) in [6.45, 7) is 13.8. The van der Waals surface area contributed by atoms with Crippen LogP contribution in [0.3, 0.4) is 0 Å². The van der Waals surface area contributed by atoms with Gasteiger partial charge in [0.05, 0.1) is 17.0 Å². The van der Waals surface area contributed by atoms with Gasteiger partial charge < -0.3 is 0 Å². The molecule has 0 unspecified atom stereocenters. The molecular weight excluding hydrogens is 251 g/mol. The van der Waals surface area contributed by atoms with E-state index in [2.05, 4.69) is 9.24 Å². The van der Waals surface area contributed by atoms with Crippen molar-refractivity contribution in [2.24, 2.45) is 4.40 Å². The molecule has 0 aromatic heterocycles. The molecule has 0 radical (unpaired) electrons. The topological polar surface area (TPSA) is 33.8 Å². The van der Waals surface area contributed by atoms with Crippen molar-refractivity contribution in [2.45, 2.75) is 32.4 Å². The Kier molecular flexibility index (Phi) is 4.36. The van der Waals surface area contributed by atoms with Gasteiger partial charge in [0.25, 0.3) is 0 Å². The SMILES string of the molecule is [C-]#[N+]c1cccc(/C(C)=N\[S@](=O)C(C)(C)C)c1F. The maximum Gasteiger partial charge on any atom is 0.222 e. The van der Waals surface area contributed by atoms with Crippen LogP contribution in [0.15, 0.2) is 22.6 Å². The van der Waals surface area contributed by atoms with E-state index in [1.165, 1.54) is 12.1 Å². The van der Waals surface area contributed by atoms with Crippen LogP contribution in [0, 0.1) is 12.4 Å². The second kappa shape index (κ2) is 5.40. The largest absolute Gasteiger partial charge is 0.235 e. The molecule has 1 aromatic rings. The highest BCUT2D eigenvalue weighted by atomic mass is 32.2. The number of halogens is 1. The van der Waals surface area contributed by atoms with E-state index in [0.29, 0.717) is 5.71 Å². The Bertz CT molecular complexity index is 553. The number of hydrogen-bond donors (Lipinski definition) is 0. The minimum absolute atomic E-state index is 0.0522. The predicted octanol–water partition coefficient (Wildman–Crippen LogP) is 3.65. The molecule has 0 bridgehead atoms. The first-order chi connectivity index (χ1) is 8.27. The highest BCUT2D eigenvalue weighted by molar-refractivity contribution is 7.85. The van der Waals surface area contributed by atoms with E-state index in [0.717, 1.165) is 0 Å². The second-order valence-corrected chi connectivity index (χ2v) is 6.69. The maximum atomic E-state index is 13.9. The van der Waals surface area contributed by atoms with Gasteiger partial charge in [-0.05, 0) is 27.7 Å². The number of nitrogens with zero attached hydrogens (tertiary/aromatic N) is 2. The standard InChI is InChI=1S/C13H15FN2OS/c1-9(16-18(17)13(2,3)4)10-7-6-8-11(15-5)12(10)14/h6-8H,1-4H3/b16-9-/t18-/m1/s1. The van der Waals surface area contributed by atoms with Crippen molar-refractivity contribution in [2.75, 3.05) is 0 Å². The van der Waals surface area contributed by atoms with Crippen molar-refractivity contribution in [3.63, 3.8) is 0 Å². The average Bonchev–Trinajstić information content (AvgIpc) is 2.27. The summed E-state index contributed by atoms with van der Waals surface area (Å²) < 4.78 is 29.2. The Balaban J connectivity index is 3.21. The highest BCUT2D eigenvalue weighted by Crippen LogP contribution is 2.22. The minimum Gasteiger partial charge on any atom is -0.235 e. The van der Waals surface area contributed by atoms with Gasteiger partial charge in [0, 0.05) is 5.56 Å². The zero-order chi connectivity index (χ0) is 13.9. The summed E-state index contributed by atoms with van der Waals surface area (Å²) in [5.41, 5.74) is 0.510. The molecular formula is C13H15FN2OS. The van der Waals surface area contributed by atoms with Crippen LogP contribution in [0.1, 0.15) is 33.3 Å². The predicted molar refractivity (Wildman–Crippen MR) is 72.8 cm³/mol. The third-order valence-corrected chi connectivity index (χ3v) is 3.72. The van der Waals surface area contributed by atoms with Crippen molar-refractivity contribution in [3.8, 4) is 0 Å². The van der Waals surface area contributed by atoms with Gasteiger partial charge in [-0.15, -0.1) is 0 Å². The van der Waals surface area contributed by atoms with Crippen molar-refractivity contribution >= 4 is 22.4 Å². The van der Waals surface area contributed by atoms with Gasteiger partial charge >= 0.3 is 0 Å². The summed E-state index contributed by atoms with van der Waals surface area (Å²) in [6.07, 6.45) is 0. The van der Waals surface area contributed by atoms with Crippen LogP contribution in [-0.4, -0.2) is 14.7 Å². The second-order valence-electron chi connectivity index (χ2n) is 4.79. The number of hydrogen-bond acceptors (Lipinski definition) is 1. The van der Waals surface area contributed by atoms with E-state index in [-0.39, 0.29) is 11.3 Å². The summed E-state index contributed by atoms with van der Waals surface area (Å²) in [5.74, 6) is -0.611. The third kappa shape index (κ3) is 3.23. The molecule has 0 saturated carbocycles. The lowest BCUT2D eigenvalue weighted by Gasteiger charge is -2.14. The van der Waals surface area contributed by atoms with Crippen LogP contribution in [0.2, 0.25) is 0 Å². The Labute approximate surface area is 109 Å².